The second-order valence-corrected chi connectivity index (χ2v) is 9.51. The minimum Gasteiger partial charge on any atom is -0.550 e. The number of carbonyl (C=O) groups is 2. The van der Waals surface area contributed by atoms with Gasteiger partial charge in [-0.2, -0.15) is 4.98 Å². The maximum Gasteiger partial charge on any atom is 0.246 e. The first kappa shape index (κ1) is 24.3. The van der Waals surface area contributed by atoms with Crippen LogP contribution in [-0.4, -0.2) is 35.7 Å². The third-order valence-corrected chi connectivity index (χ3v) is 6.57. The van der Waals surface area contributed by atoms with Crippen LogP contribution < -0.4 is 10.4 Å². The van der Waals surface area contributed by atoms with Gasteiger partial charge in [0.25, 0.3) is 0 Å². The van der Waals surface area contributed by atoms with Crippen LogP contribution in [0.3, 0.4) is 0 Å². The molecule has 0 radical (unpaired) electrons. The Bertz CT molecular complexity index is 689. The molecule has 8 nitrogen and oxygen atoms in total. The van der Waals surface area contributed by atoms with Gasteiger partial charge in [-0.25, -0.2) is 0 Å². The fraction of sp³-hybridized carbons (Fsp3) is 0.818. The average molecular weight is 423 g/mol. The summed E-state index contributed by atoms with van der Waals surface area (Å²) in [4.78, 5) is 27.1. The minimum absolute atomic E-state index is 0.0481. The van der Waals surface area contributed by atoms with E-state index in [1.807, 2.05) is 0 Å². The summed E-state index contributed by atoms with van der Waals surface area (Å²) in [5, 5.41) is 17.8. The van der Waals surface area contributed by atoms with Crippen molar-refractivity contribution in [2.75, 3.05) is 13.7 Å². The first-order chi connectivity index (χ1) is 14.2. The summed E-state index contributed by atoms with van der Waals surface area (Å²) in [5.74, 6) is -1.18. The van der Waals surface area contributed by atoms with Gasteiger partial charge in [0.15, 0.2) is 5.82 Å². The van der Waals surface area contributed by atoms with Gasteiger partial charge in [0.2, 0.25) is 11.8 Å². The lowest BCUT2D eigenvalue weighted by atomic mass is 9.57. The van der Waals surface area contributed by atoms with Gasteiger partial charge in [-0.1, -0.05) is 51.6 Å². The van der Waals surface area contributed by atoms with Gasteiger partial charge in [-0.3, -0.25) is 4.79 Å². The van der Waals surface area contributed by atoms with E-state index in [0.717, 1.165) is 12.8 Å². The Morgan fingerprint density at radius 2 is 1.97 bits per heavy atom. The molecule has 1 fully saturated rings. The normalized spacial score (nSPS) is 17.5. The van der Waals surface area contributed by atoms with Crippen molar-refractivity contribution in [1.82, 2.24) is 15.5 Å². The van der Waals surface area contributed by atoms with Crippen LogP contribution in [0.25, 0.3) is 0 Å². The van der Waals surface area contributed by atoms with Crippen LogP contribution >= 0.6 is 0 Å². The molecule has 1 unspecified atom stereocenters. The number of aliphatic carboxylic acids is 1. The van der Waals surface area contributed by atoms with Crippen LogP contribution in [-0.2, 0) is 20.9 Å². The van der Waals surface area contributed by atoms with Crippen LogP contribution in [0.4, 0.5) is 0 Å². The van der Waals surface area contributed by atoms with Gasteiger partial charge in [-0.15, -0.1) is 0 Å². The molecule has 1 saturated carbocycles. The van der Waals surface area contributed by atoms with Crippen LogP contribution in [0.15, 0.2) is 4.52 Å². The molecular formula is C22H36N3O5-. The third kappa shape index (κ3) is 6.79. The Labute approximate surface area is 179 Å². The van der Waals surface area contributed by atoms with Crippen molar-refractivity contribution in [1.29, 1.82) is 0 Å². The molecule has 170 valence electrons. The smallest absolute Gasteiger partial charge is 0.246 e. The number of aromatic nitrogens is 2. The zero-order valence-electron chi connectivity index (χ0n) is 18.8. The van der Waals surface area contributed by atoms with E-state index < -0.39 is 5.97 Å². The lowest BCUT2D eigenvalue weighted by Crippen LogP contribution is -2.37. The van der Waals surface area contributed by atoms with E-state index in [4.69, 9.17) is 9.26 Å². The van der Waals surface area contributed by atoms with E-state index in [-0.39, 0.29) is 36.8 Å². The first-order valence-corrected chi connectivity index (χ1v) is 10.9. The largest absolute Gasteiger partial charge is 0.550 e. The average Bonchev–Trinajstić information content (AvgIpc) is 3.14. The monoisotopic (exact) mass is 422 g/mol. The molecule has 1 heterocycles. The third-order valence-electron chi connectivity index (χ3n) is 6.57. The number of ether oxygens (including phenoxy) is 1. The number of hydrogen-bond acceptors (Lipinski definition) is 7. The van der Waals surface area contributed by atoms with Crippen molar-refractivity contribution in [2.24, 2.45) is 10.8 Å². The molecule has 8 heteroatoms. The molecule has 2 rings (SSSR count). The second kappa shape index (κ2) is 10.9. The van der Waals surface area contributed by atoms with Gasteiger partial charge in [0, 0.05) is 19.0 Å². The predicted octanol–water partition coefficient (Wildman–Crippen LogP) is 2.72. The maximum atomic E-state index is 11.5. The lowest BCUT2D eigenvalue weighted by molar-refractivity contribution is -0.306. The second-order valence-electron chi connectivity index (χ2n) is 9.51. The zero-order valence-corrected chi connectivity index (χ0v) is 18.8. The number of hydrogen-bond donors (Lipinski definition) is 1. The molecule has 1 aliphatic carbocycles. The summed E-state index contributed by atoms with van der Waals surface area (Å²) < 4.78 is 10.1. The number of amides is 1. The molecule has 30 heavy (non-hydrogen) atoms. The summed E-state index contributed by atoms with van der Waals surface area (Å²) in [6.45, 7) is 7.02. The van der Waals surface area contributed by atoms with Crippen molar-refractivity contribution in [3.8, 4) is 0 Å². The molecule has 1 aliphatic rings. The summed E-state index contributed by atoms with van der Waals surface area (Å²) in [7, 11) is 1.44. The van der Waals surface area contributed by atoms with E-state index in [2.05, 4.69) is 36.2 Å². The highest BCUT2D eigenvalue weighted by Gasteiger charge is 2.41. The molecule has 0 saturated heterocycles. The van der Waals surface area contributed by atoms with E-state index in [1.165, 1.54) is 39.2 Å². The summed E-state index contributed by atoms with van der Waals surface area (Å²) >= 11 is 0. The quantitative estimate of drug-likeness (QED) is 0.582. The predicted molar refractivity (Wildman–Crippen MR) is 109 cm³/mol. The van der Waals surface area contributed by atoms with Crippen LogP contribution in [0, 0.1) is 10.8 Å². The number of methoxy groups -OCH3 is 1. The maximum absolute atomic E-state index is 11.5. The minimum atomic E-state index is -1.13. The Kier molecular flexibility index (Phi) is 8.82. The molecular weight excluding hydrogens is 386 g/mol. The molecule has 1 aromatic rings. The van der Waals surface area contributed by atoms with Crippen molar-refractivity contribution in [3.05, 3.63) is 11.7 Å². The Morgan fingerprint density at radius 1 is 1.27 bits per heavy atom. The molecule has 1 N–H and O–H groups in total. The summed E-state index contributed by atoms with van der Waals surface area (Å²) in [6.07, 6.45) is 8.76. The van der Waals surface area contributed by atoms with Gasteiger partial charge < -0.3 is 24.5 Å². The first-order valence-electron chi connectivity index (χ1n) is 10.9. The molecule has 1 aromatic heterocycles. The SMILES string of the molecule is COCC(=O)NCc1noc(C(CCCC2(C(C)(C)C)CCCCC2)CC(=O)[O-])n1. The fourth-order valence-corrected chi connectivity index (χ4v) is 4.67. The van der Waals surface area contributed by atoms with Crippen LogP contribution in [0.2, 0.25) is 0 Å². The number of rotatable bonds is 11. The molecule has 0 aromatic carbocycles. The van der Waals surface area contributed by atoms with Crippen molar-refractivity contribution >= 4 is 11.9 Å². The number of carboxylic acid groups (broad SMARTS) is 1. The number of carbonyl (C=O) groups excluding carboxylic acids is 2. The highest BCUT2D eigenvalue weighted by atomic mass is 16.5. The summed E-state index contributed by atoms with van der Waals surface area (Å²) in [6, 6.07) is 0. The Balaban J connectivity index is 1.99. The number of nitrogens with zero attached hydrogens (tertiary/aromatic N) is 2. The van der Waals surface area contributed by atoms with Crippen molar-refractivity contribution in [3.63, 3.8) is 0 Å². The van der Waals surface area contributed by atoms with Crippen LogP contribution in [0.1, 0.15) is 96.2 Å². The summed E-state index contributed by atoms with van der Waals surface area (Å²) in [5.41, 5.74) is 0.512. The van der Waals surface area contributed by atoms with Crippen LogP contribution in [0.5, 0.6) is 0 Å². The Hall–Kier alpha value is -1.96. The molecule has 0 spiro atoms. The lowest BCUT2D eigenvalue weighted by Gasteiger charge is -2.48. The van der Waals surface area contributed by atoms with Crippen molar-refractivity contribution in [2.45, 2.75) is 91.0 Å². The fourth-order valence-electron chi connectivity index (χ4n) is 4.67. The molecule has 0 aliphatic heterocycles. The topological polar surface area (TPSA) is 117 Å². The van der Waals surface area contributed by atoms with Gasteiger partial charge in [0.05, 0.1) is 6.54 Å². The van der Waals surface area contributed by atoms with Gasteiger partial charge in [0.1, 0.15) is 6.61 Å². The number of carboxylic acids is 1. The zero-order chi connectivity index (χ0) is 22.2. The van der Waals surface area contributed by atoms with E-state index in [9.17, 15) is 14.7 Å². The molecule has 1 amide bonds. The Morgan fingerprint density at radius 3 is 2.57 bits per heavy atom. The highest BCUT2D eigenvalue weighted by molar-refractivity contribution is 5.76. The number of nitrogens with one attached hydrogen (secondary N) is 1. The molecule has 1 atom stereocenters. The standard InChI is InChI=1S/C22H37N3O5/c1-21(2,3)22(10-6-5-7-11-22)12-8-9-16(13-19(27)28)20-24-17(25-30-20)14-23-18(26)15-29-4/h16H,5-15H2,1-4H3,(H,23,26)(H,27,28)/p-1. The van der Waals surface area contributed by atoms with E-state index in [1.54, 1.807) is 0 Å². The van der Waals surface area contributed by atoms with Gasteiger partial charge in [-0.05, 0) is 42.9 Å². The van der Waals surface area contributed by atoms with Crippen molar-refractivity contribution < 1.29 is 24.0 Å². The van der Waals surface area contributed by atoms with E-state index >= 15 is 0 Å². The molecule has 0 bridgehead atoms. The highest BCUT2D eigenvalue weighted by Crippen LogP contribution is 2.53. The van der Waals surface area contributed by atoms with E-state index in [0.29, 0.717) is 23.6 Å². The van der Waals surface area contributed by atoms with Gasteiger partial charge >= 0.3 is 0 Å².